The molecule has 12 heteroatoms. The van der Waals surface area contributed by atoms with Crippen LogP contribution in [0.1, 0.15) is 6.92 Å². The van der Waals surface area contributed by atoms with Crippen molar-refractivity contribution in [3.8, 4) is 5.75 Å². The zero-order valence-corrected chi connectivity index (χ0v) is 17.0. The second kappa shape index (κ2) is 8.54. The zero-order chi connectivity index (χ0) is 22.9. The van der Waals surface area contributed by atoms with Crippen LogP contribution in [0.4, 0.5) is 24.5 Å². The highest BCUT2D eigenvalue weighted by molar-refractivity contribution is 5.93. The molecule has 1 aromatic carbocycles. The molecule has 0 saturated carbocycles. The molecule has 1 aliphatic rings. The van der Waals surface area contributed by atoms with E-state index in [2.05, 4.69) is 20.0 Å². The first-order chi connectivity index (χ1) is 15.2. The number of alkyl halides is 3. The maximum absolute atomic E-state index is 12.5. The molecule has 1 aliphatic heterocycles. The van der Waals surface area contributed by atoms with Crippen LogP contribution in [-0.2, 0) is 4.79 Å². The van der Waals surface area contributed by atoms with Crippen molar-refractivity contribution in [3.63, 3.8) is 0 Å². The van der Waals surface area contributed by atoms with E-state index in [1.54, 1.807) is 12.1 Å². The molecule has 1 saturated heterocycles. The summed E-state index contributed by atoms with van der Waals surface area (Å²) in [7, 11) is 0. The molecule has 1 amide bonds. The largest absolute Gasteiger partial charge is 0.573 e. The van der Waals surface area contributed by atoms with Gasteiger partial charge in [0.2, 0.25) is 5.91 Å². The lowest BCUT2D eigenvalue weighted by Crippen LogP contribution is -2.53. The normalized spacial score (nSPS) is 17.5. The maximum atomic E-state index is 12.5. The Balaban J connectivity index is 1.31. The molecule has 2 aromatic heterocycles. The number of benzene rings is 1. The molecule has 1 atom stereocenters. The average molecular weight is 451 g/mol. The van der Waals surface area contributed by atoms with E-state index in [4.69, 9.17) is 4.42 Å². The first-order valence-corrected chi connectivity index (χ1v) is 9.80. The highest BCUT2D eigenvalue weighted by Gasteiger charge is 2.31. The minimum absolute atomic E-state index is 0.0314. The number of nitrogens with one attached hydrogen (secondary N) is 2. The monoisotopic (exact) mass is 451 g/mol. The van der Waals surface area contributed by atoms with Crippen LogP contribution in [0.5, 0.6) is 5.75 Å². The van der Waals surface area contributed by atoms with Crippen LogP contribution in [-0.4, -0.2) is 59.4 Å². The van der Waals surface area contributed by atoms with Gasteiger partial charge in [-0.3, -0.25) is 14.7 Å². The molecular formula is C20H20F3N5O4. The van der Waals surface area contributed by atoms with Crippen LogP contribution in [0.25, 0.3) is 11.2 Å². The number of H-pyrrole nitrogens is 1. The van der Waals surface area contributed by atoms with Gasteiger partial charge < -0.3 is 19.4 Å². The summed E-state index contributed by atoms with van der Waals surface area (Å²) in [6.45, 7) is 3.94. The van der Waals surface area contributed by atoms with Gasteiger partial charge in [-0.2, -0.15) is 0 Å². The second-order valence-electron chi connectivity index (χ2n) is 7.44. The molecule has 2 N–H and O–H groups in total. The topological polar surface area (TPSA) is 104 Å². The molecule has 0 aliphatic carbocycles. The number of halogens is 3. The quantitative estimate of drug-likeness (QED) is 0.615. The fourth-order valence-electron chi connectivity index (χ4n) is 3.61. The Bertz CT molecular complexity index is 1160. The van der Waals surface area contributed by atoms with Gasteiger partial charge in [-0.25, -0.2) is 9.78 Å². The predicted octanol–water partition coefficient (Wildman–Crippen LogP) is 2.56. The Hall–Kier alpha value is -3.54. The summed E-state index contributed by atoms with van der Waals surface area (Å²) in [6, 6.07) is 7.28. The third-order valence-electron chi connectivity index (χ3n) is 5.11. The van der Waals surface area contributed by atoms with E-state index >= 15 is 0 Å². The second-order valence-corrected chi connectivity index (χ2v) is 7.44. The van der Waals surface area contributed by atoms with E-state index in [1.165, 1.54) is 24.4 Å². The Morgan fingerprint density at radius 3 is 2.75 bits per heavy atom. The minimum atomic E-state index is -4.72. The Morgan fingerprint density at radius 2 is 2.06 bits per heavy atom. The lowest BCUT2D eigenvalue weighted by molar-refractivity contribution is -0.274. The number of rotatable bonds is 5. The van der Waals surface area contributed by atoms with Crippen LogP contribution in [0.2, 0.25) is 0 Å². The van der Waals surface area contributed by atoms with Crippen molar-refractivity contribution in [1.82, 2.24) is 14.9 Å². The fourth-order valence-corrected chi connectivity index (χ4v) is 3.61. The van der Waals surface area contributed by atoms with Gasteiger partial charge in [0.15, 0.2) is 11.2 Å². The third kappa shape index (κ3) is 5.19. The Labute approximate surface area is 179 Å². The molecule has 0 spiro atoms. The van der Waals surface area contributed by atoms with Crippen LogP contribution in [0.3, 0.4) is 0 Å². The van der Waals surface area contributed by atoms with Gasteiger partial charge in [-0.05, 0) is 31.2 Å². The average Bonchev–Trinajstić information content (AvgIpc) is 3.08. The van der Waals surface area contributed by atoms with Gasteiger partial charge in [0.05, 0.1) is 18.4 Å². The molecule has 0 radical (unpaired) electrons. The first-order valence-electron chi connectivity index (χ1n) is 9.80. The molecule has 1 fully saturated rings. The standard InChI is InChI=1S/C20H20F3N5O4/c1-12-10-28(14-2-4-15(5-3-14)32-20(21,22)23)7-6-27(12)11-17(29)25-13-8-16-18(24-9-13)26-19(30)31-16/h2-5,8-9,12H,6-7,10-11H2,1H3,(H,25,29)(H,24,26,30)/t12-/m1/s1. The van der Waals surface area contributed by atoms with Crippen molar-refractivity contribution in [3.05, 3.63) is 47.1 Å². The van der Waals surface area contributed by atoms with Gasteiger partial charge in [-0.1, -0.05) is 0 Å². The number of carbonyl (C=O) groups excluding carboxylic acids is 1. The number of hydrogen-bond donors (Lipinski definition) is 2. The molecule has 9 nitrogen and oxygen atoms in total. The highest BCUT2D eigenvalue weighted by Crippen LogP contribution is 2.26. The molecule has 32 heavy (non-hydrogen) atoms. The van der Waals surface area contributed by atoms with E-state index in [-0.39, 0.29) is 29.8 Å². The van der Waals surface area contributed by atoms with Gasteiger partial charge in [-0.15, -0.1) is 13.2 Å². The summed E-state index contributed by atoms with van der Waals surface area (Å²) in [6.07, 6.45) is -3.29. The predicted molar refractivity (Wildman–Crippen MR) is 110 cm³/mol. The summed E-state index contributed by atoms with van der Waals surface area (Å²) in [5, 5.41) is 2.74. The number of anilines is 2. The Morgan fingerprint density at radius 1 is 1.31 bits per heavy atom. The number of nitrogens with zero attached hydrogens (tertiary/aromatic N) is 3. The molecule has 170 valence electrons. The number of piperazine rings is 1. The number of amides is 1. The van der Waals surface area contributed by atoms with Crippen molar-refractivity contribution >= 4 is 28.5 Å². The first kappa shape index (κ1) is 21.7. The SMILES string of the molecule is C[C@@H]1CN(c2ccc(OC(F)(F)F)cc2)CCN1CC(=O)Nc1cnc2[nH]c(=O)oc2c1. The molecule has 3 aromatic rings. The number of fused-ring (bicyclic) bond motifs is 1. The van der Waals surface area contributed by atoms with Crippen molar-refractivity contribution in [1.29, 1.82) is 0 Å². The van der Waals surface area contributed by atoms with Crippen LogP contribution >= 0.6 is 0 Å². The molecule has 0 bridgehead atoms. The molecule has 4 rings (SSSR count). The summed E-state index contributed by atoms with van der Waals surface area (Å²) in [4.78, 5) is 34.2. The zero-order valence-electron chi connectivity index (χ0n) is 17.0. The number of ether oxygens (including phenoxy) is 1. The van der Waals surface area contributed by atoms with E-state index < -0.39 is 12.1 Å². The van der Waals surface area contributed by atoms with Crippen molar-refractivity contribution in [2.75, 3.05) is 36.4 Å². The minimum Gasteiger partial charge on any atom is -0.406 e. The molecular weight excluding hydrogens is 431 g/mol. The van der Waals surface area contributed by atoms with Crippen LogP contribution in [0.15, 0.2) is 45.7 Å². The summed E-state index contributed by atoms with van der Waals surface area (Å²) < 4.78 is 45.8. The van der Waals surface area contributed by atoms with E-state index in [9.17, 15) is 22.8 Å². The lowest BCUT2D eigenvalue weighted by atomic mass is 10.1. The van der Waals surface area contributed by atoms with Gasteiger partial charge in [0.1, 0.15) is 5.75 Å². The summed E-state index contributed by atoms with van der Waals surface area (Å²) in [5.74, 6) is -1.13. The number of aromatic amines is 1. The number of pyridine rings is 1. The maximum Gasteiger partial charge on any atom is 0.573 e. The summed E-state index contributed by atoms with van der Waals surface area (Å²) in [5.41, 5.74) is 1.75. The smallest absolute Gasteiger partial charge is 0.406 e. The summed E-state index contributed by atoms with van der Waals surface area (Å²) >= 11 is 0. The van der Waals surface area contributed by atoms with E-state index in [1.807, 2.05) is 16.7 Å². The number of aromatic nitrogens is 2. The van der Waals surface area contributed by atoms with Crippen molar-refractivity contribution in [2.24, 2.45) is 0 Å². The number of oxazole rings is 1. The lowest BCUT2D eigenvalue weighted by Gasteiger charge is -2.40. The Kier molecular flexibility index (Phi) is 5.78. The third-order valence-corrected chi connectivity index (χ3v) is 5.11. The van der Waals surface area contributed by atoms with Gasteiger partial charge in [0, 0.05) is 37.4 Å². The molecule has 0 unspecified atom stereocenters. The van der Waals surface area contributed by atoms with Crippen LogP contribution in [0, 0.1) is 0 Å². The van der Waals surface area contributed by atoms with Crippen LogP contribution < -0.4 is 20.7 Å². The number of hydrogen-bond acceptors (Lipinski definition) is 7. The fraction of sp³-hybridized carbons (Fsp3) is 0.350. The van der Waals surface area contributed by atoms with Crippen molar-refractivity contribution < 1.29 is 27.1 Å². The molecule has 3 heterocycles. The van der Waals surface area contributed by atoms with E-state index in [0.717, 1.165) is 5.69 Å². The van der Waals surface area contributed by atoms with Crippen molar-refractivity contribution in [2.45, 2.75) is 19.3 Å². The number of carbonyl (C=O) groups is 1. The highest BCUT2D eigenvalue weighted by atomic mass is 19.4. The van der Waals surface area contributed by atoms with E-state index in [0.29, 0.717) is 31.0 Å². The van der Waals surface area contributed by atoms with Gasteiger partial charge >= 0.3 is 12.1 Å². The van der Waals surface area contributed by atoms with Gasteiger partial charge in [0.25, 0.3) is 0 Å².